The SMILES string of the molecule is O=C(CNc1ccc(Cl)cc1)OC1CCCCCC1. The van der Waals surface area contributed by atoms with Crippen LogP contribution in [0.25, 0.3) is 0 Å². The lowest BCUT2D eigenvalue weighted by molar-refractivity contribution is -0.147. The topological polar surface area (TPSA) is 38.3 Å². The summed E-state index contributed by atoms with van der Waals surface area (Å²) in [6.45, 7) is 0.206. The molecular weight excluding hydrogens is 262 g/mol. The van der Waals surface area contributed by atoms with E-state index in [1.807, 2.05) is 12.1 Å². The smallest absolute Gasteiger partial charge is 0.325 e. The summed E-state index contributed by atoms with van der Waals surface area (Å²) >= 11 is 5.80. The average Bonchev–Trinajstić information content (AvgIpc) is 2.67. The molecular formula is C15H20ClNO2. The Morgan fingerprint density at radius 1 is 1.16 bits per heavy atom. The highest BCUT2D eigenvalue weighted by Crippen LogP contribution is 2.20. The molecule has 0 amide bonds. The highest BCUT2D eigenvalue weighted by Gasteiger charge is 2.16. The largest absolute Gasteiger partial charge is 0.461 e. The zero-order valence-corrected chi connectivity index (χ0v) is 11.8. The number of carbonyl (C=O) groups excluding carboxylic acids is 1. The van der Waals surface area contributed by atoms with Crippen molar-refractivity contribution in [2.45, 2.75) is 44.6 Å². The van der Waals surface area contributed by atoms with E-state index >= 15 is 0 Å². The van der Waals surface area contributed by atoms with Crippen molar-refractivity contribution in [3.63, 3.8) is 0 Å². The number of benzene rings is 1. The predicted octanol–water partition coefficient (Wildman–Crippen LogP) is 4.02. The third-order valence-electron chi connectivity index (χ3n) is 3.38. The molecule has 19 heavy (non-hydrogen) atoms. The molecule has 0 spiro atoms. The van der Waals surface area contributed by atoms with Crippen LogP contribution in [0.15, 0.2) is 24.3 Å². The molecule has 1 N–H and O–H groups in total. The van der Waals surface area contributed by atoms with Crippen LogP contribution in [-0.4, -0.2) is 18.6 Å². The second-order valence-corrected chi connectivity index (χ2v) is 5.40. The third-order valence-corrected chi connectivity index (χ3v) is 3.63. The molecule has 1 aliphatic rings. The van der Waals surface area contributed by atoms with E-state index < -0.39 is 0 Å². The third kappa shape index (κ3) is 5.11. The summed E-state index contributed by atoms with van der Waals surface area (Å²) in [6.07, 6.45) is 6.99. The molecule has 0 unspecified atom stereocenters. The Hall–Kier alpha value is -1.22. The molecule has 1 saturated carbocycles. The molecule has 104 valence electrons. The summed E-state index contributed by atoms with van der Waals surface area (Å²) in [4.78, 5) is 11.8. The van der Waals surface area contributed by atoms with Gasteiger partial charge in [0.15, 0.2) is 0 Å². The molecule has 1 aromatic rings. The van der Waals surface area contributed by atoms with E-state index in [0.29, 0.717) is 5.02 Å². The Bertz CT molecular complexity index is 397. The van der Waals surface area contributed by atoms with E-state index in [-0.39, 0.29) is 18.6 Å². The molecule has 0 bridgehead atoms. The first-order valence-corrected chi connectivity index (χ1v) is 7.31. The Kier molecular flexibility index (Phi) is 5.52. The summed E-state index contributed by atoms with van der Waals surface area (Å²) in [5, 5.41) is 3.73. The second-order valence-electron chi connectivity index (χ2n) is 4.96. The van der Waals surface area contributed by atoms with Crippen molar-refractivity contribution >= 4 is 23.3 Å². The molecule has 2 rings (SSSR count). The summed E-state index contributed by atoms with van der Waals surface area (Å²) in [5.41, 5.74) is 0.877. The van der Waals surface area contributed by atoms with Crippen LogP contribution in [0.4, 0.5) is 5.69 Å². The van der Waals surface area contributed by atoms with Crippen molar-refractivity contribution in [3.05, 3.63) is 29.3 Å². The van der Waals surface area contributed by atoms with Gasteiger partial charge < -0.3 is 10.1 Å². The standard InChI is InChI=1S/C15H20ClNO2/c16-12-7-9-13(10-8-12)17-11-15(18)19-14-5-3-1-2-4-6-14/h7-10,14,17H,1-6,11H2. The zero-order chi connectivity index (χ0) is 13.5. The number of halogens is 1. The minimum Gasteiger partial charge on any atom is -0.461 e. The molecule has 4 heteroatoms. The van der Waals surface area contributed by atoms with Gasteiger partial charge in [-0.3, -0.25) is 4.79 Å². The molecule has 0 aromatic heterocycles. The molecule has 0 heterocycles. The maximum Gasteiger partial charge on any atom is 0.325 e. The van der Waals surface area contributed by atoms with Gasteiger partial charge >= 0.3 is 5.97 Å². The van der Waals surface area contributed by atoms with Gasteiger partial charge in [-0.2, -0.15) is 0 Å². The highest BCUT2D eigenvalue weighted by molar-refractivity contribution is 6.30. The van der Waals surface area contributed by atoms with E-state index in [1.54, 1.807) is 12.1 Å². The first-order valence-electron chi connectivity index (χ1n) is 6.93. The number of esters is 1. The van der Waals surface area contributed by atoms with E-state index in [9.17, 15) is 4.79 Å². The number of anilines is 1. The molecule has 0 aliphatic heterocycles. The van der Waals surface area contributed by atoms with E-state index in [1.165, 1.54) is 25.7 Å². The highest BCUT2D eigenvalue weighted by atomic mass is 35.5. The lowest BCUT2D eigenvalue weighted by Gasteiger charge is -2.15. The molecule has 1 fully saturated rings. The van der Waals surface area contributed by atoms with Gasteiger partial charge in [0.2, 0.25) is 0 Å². The van der Waals surface area contributed by atoms with E-state index in [2.05, 4.69) is 5.32 Å². The number of rotatable bonds is 4. The summed E-state index contributed by atoms with van der Waals surface area (Å²) < 4.78 is 5.49. The van der Waals surface area contributed by atoms with Gasteiger partial charge in [-0.05, 0) is 49.9 Å². The van der Waals surface area contributed by atoms with Gasteiger partial charge in [0.1, 0.15) is 12.6 Å². The first kappa shape index (κ1) is 14.2. The Morgan fingerprint density at radius 3 is 2.42 bits per heavy atom. The molecule has 0 radical (unpaired) electrons. The molecule has 1 aliphatic carbocycles. The van der Waals surface area contributed by atoms with Crippen molar-refractivity contribution in [2.24, 2.45) is 0 Å². The van der Waals surface area contributed by atoms with Gasteiger partial charge in [0.05, 0.1) is 0 Å². The van der Waals surface area contributed by atoms with E-state index in [0.717, 1.165) is 18.5 Å². The molecule has 3 nitrogen and oxygen atoms in total. The van der Waals surface area contributed by atoms with Crippen LogP contribution in [0, 0.1) is 0 Å². The van der Waals surface area contributed by atoms with Gasteiger partial charge in [-0.25, -0.2) is 0 Å². The lowest BCUT2D eigenvalue weighted by atomic mass is 10.1. The number of ether oxygens (including phenoxy) is 1. The van der Waals surface area contributed by atoms with Gasteiger partial charge in [-0.1, -0.05) is 24.4 Å². The first-order chi connectivity index (χ1) is 9.24. The number of hydrogen-bond donors (Lipinski definition) is 1. The normalized spacial score (nSPS) is 16.7. The van der Waals surface area contributed by atoms with Crippen LogP contribution in [0.1, 0.15) is 38.5 Å². The van der Waals surface area contributed by atoms with E-state index in [4.69, 9.17) is 16.3 Å². The van der Waals surface area contributed by atoms with Crippen molar-refractivity contribution in [1.29, 1.82) is 0 Å². The lowest BCUT2D eigenvalue weighted by Crippen LogP contribution is -2.23. The number of nitrogens with one attached hydrogen (secondary N) is 1. The van der Waals surface area contributed by atoms with Crippen molar-refractivity contribution in [1.82, 2.24) is 0 Å². The van der Waals surface area contributed by atoms with Crippen molar-refractivity contribution < 1.29 is 9.53 Å². The minimum absolute atomic E-state index is 0.113. The monoisotopic (exact) mass is 281 g/mol. The summed E-state index contributed by atoms with van der Waals surface area (Å²) in [7, 11) is 0. The summed E-state index contributed by atoms with van der Waals surface area (Å²) in [5.74, 6) is -0.179. The number of carbonyl (C=O) groups is 1. The minimum atomic E-state index is -0.179. The maximum absolute atomic E-state index is 11.8. The average molecular weight is 282 g/mol. The van der Waals surface area contributed by atoms with Crippen LogP contribution in [0.2, 0.25) is 5.02 Å². The second kappa shape index (κ2) is 7.39. The maximum atomic E-state index is 11.8. The van der Waals surface area contributed by atoms with Crippen molar-refractivity contribution in [2.75, 3.05) is 11.9 Å². The molecule has 0 atom stereocenters. The fraction of sp³-hybridized carbons (Fsp3) is 0.533. The Morgan fingerprint density at radius 2 is 1.79 bits per heavy atom. The Labute approximate surface area is 119 Å². The van der Waals surface area contributed by atoms with Crippen LogP contribution < -0.4 is 5.32 Å². The predicted molar refractivity (Wildman–Crippen MR) is 77.5 cm³/mol. The summed E-state index contributed by atoms with van der Waals surface area (Å²) in [6, 6.07) is 7.28. The van der Waals surface area contributed by atoms with Crippen LogP contribution in [0.5, 0.6) is 0 Å². The van der Waals surface area contributed by atoms with Gasteiger partial charge in [0, 0.05) is 10.7 Å². The van der Waals surface area contributed by atoms with Crippen LogP contribution in [-0.2, 0) is 9.53 Å². The molecule has 1 aromatic carbocycles. The van der Waals surface area contributed by atoms with Gasteiger partial charge in [0.25, 0.3) is 0 Å². The van der Waals surface area contributed by atoms with Gasteiger partial charge in [-0.15, -0.1) is 0 Å². The van der Waals surface area contributed by atoms with Crippen LogP contribution in [0.3, 0.4) is 0 Å². The fourth-order valence-electron chi connectivity index (χ4n) is 2.33. The Balaban J connectivity index is 1.73. The quantitative estimate of drug-likeness (QED) is 0.669. The van der Waals surface area contributed by atoms with Crippen molar-refractivity contribution in [3.8, 4) is 0 Å². The van der Waals surface area contributed by atoms with Crippen LogP contribution >= 0.6 is 11.6 Å². The zero-order valence-electron chi connectivity index (χ0n) is 11.0. The fourth-order valence-corrected chi connectivity index (χ4v) is 2.46. The molecule has 0 saturated heterocycles. The number of hydrogen-bond acceptors (Lipinski definition) is 3.